The van der Waals surface area contributed by atoms with Crippen molar-refractivity contribution in [2.24, 2.45) is 0 Å². The van der Waals surface area contributed by atoms with Crippen molar-refractivity contribution in [3.8, 4) is 11.5 Å². The van der Waals surface area contributed by atoms with Crippen molar-refractivity contribution in [1.82, 2.24) is 0 Å². The molecule has 0 radical (unpaired) electrons. The number of rotatable bonds is 3. The fraction of sp³-hybridized carbons (Fsp3) is 0.235. The minimum atomic E-state index is -0.0292. The Morgan fingerprint density at radius 2 is 2.00 bits per heavy atom. The van der Waals surface area contributed by atoms with Crippen molar-refractivity contribution in [2.75, 3.05) is 13.2 Å². The number of hydrogen-bond donors (Lipinski definition) is 0. The number of hydrogen-bond acceptors (Lipinski definition) is 4. The highest BCUT2D eigenvalue weighted by Gasteiger charge is 2.12. The number of allylic oxidation sites excluding steroid dienone is 1. The Hall–Kier alpha value is -2.07. The predicted octanol–water partition coefficient (Wildman–Crippen LogP) is 4.11. The van der Waals surface area contributed by atoms with Crippen LogP contribution in [0.4, 0.5) is 0 Å². The molecule has 0 atom stereocenters. The van der Waals surface area contributed by atoms with Gasteiger partial charge < -0.3 is 9.47 Å². The van der Waals surface area contributed by atoms with E-state index in [4.69, 9.17) is 9.47 Å². The quantitative estimate of drug-likeness (QED) is 0.632. The second kappa shape index (κ2) is 6.14. The lowest BCUT2D eigenvalue weighted by molar-refractivity contribution is 0.104. The van der Waals surface area contributed by atoms with Crippen LogP contribution in [0.3, 0.4) is 0 Å². The molecule has 1 aromatic heterocycles. The van der Waals surface area contributed by atoms with E-state index in [9.17, 15) is 4.79 Å². The van der Waals surface area contributed by atoms with Crippen LogP contribution in [-0.4, -0.2) is 19.0 Å². The number of aryl methyl sites for hydroxylation is 1. The molecule has 0 fully saturated rings. The number of fused-ring (bicyclic) bond motifs is 1. The Bertz CT molecular complexity index is 685. The topological polar surface area (TPSA) is 35.5 Å². The van der Waals surface area contributed by atoms with Crippen molar-refractivity contribution in [3.05, 3.63) is 51.7 Å². The van der Waals surface area contributed by atoms with Gasteiger partial charge in [-0.25, -0.2) is 0 Å². The summed E-state index contributed by atoms with van der Waals surface area (Å²) in [7, 11) is 0. The lowest BCUT2D eigenvalue weighted by Crippen LogP contribution is -1.98. The van der Waals surface area contributed by atoms with Crippen molar-refractivity contribution in [2.45, 2.75) is 13.3 Å². The standard InChI is InChI=1S/C17H16O3S/c1-12-7-10-21-17(12)6-4-14(18)13-3-5-15-16(11-13)20-9-2-8-19-15/h3-7,10-11H,2,8-9H2,1H3/b6-4+. The first-order valence-electron chi connectivity index (χ1n) is 6.90. The molecule has 0 amide bonds. The summed E-state index contributed by atoms with van der Waals surface area (Å²) in [5, 5.41) is 2.02. The van der Waals surface area contributed by atoms with Gasteiger partial charge in [0.15, 0.2) is 17.3 Å². The molecule has 4 heteroatoms. The third kappa shape index (κ3) is 3.16. The molecule has 108 valence electrons. The van der Waals surface area contributed by atoms with Crippen LogP contribution in [0.25, 0.3) is 6.08 Å². The lowest BCUT2D eigenvalue weighted by atomic mass is 10.1. The zero-order chi connectivity index (χ0) is 14.7. The van der Waals surface area contributed by atoms with Gasteiger partial charge in [-0.2, -0.15) is 0 Å². The number of ether oxygens (including phenoxy) is 2. The summed E-state index contributed by atoms with van der Waals surface area (Å²) in [6, 6.07) is 7.39. The number of carbonyl (C=O) groups is 1. The van der Waals surface area contributed by atoms with Crippen LogP contribution in [0.5, 0.6) is 11.5 Å². The van der Waals surface area contributed by atoms with Crippen LogP contribution < -0.4 is 9.47 Å². The number of carbonyl (C=O) groups excluding carboxylic acids is 1. The minimum absolute atomic E-state index is 0.0292. The van der Waals surface area contributed by atoms with Crippen LogP contribution in [0.15, 0.2) is 35.7 Å². The lowest BCUT2D eigenvalue weighted by Gasteiger charge is -2.07. The Labute approximate surface area is 127 Å². The van der Waals surface area contributed by atoms with E-state index in [0.717, 1.165) is 11.3 Å². The van der Waals surface area contributed by atoms with Gasteiger partial charge in [0, 0.05) is 16.9 Å². The van der Waals surface area contributed by atoms with E-state index in [0.29, 0.717) is 30.3 Å². The molecule has 3 nitrogen and oxygen atoms in total. The maximum atomic E-state index is 12.2. The highest BCUT2D eigenvalue weighted by Crippen LogP contribution is 2.30. The van der Waals surface area contributed by atoms with Gasteiger partial charge in [0.05, 0.1) is 13.2 Å². The minimum Gasteiger partial charge on any atom is -0.490 e. The van der Waals surface area contributed by atoms with Gasteiger partial charge in [0.25, 0.3) is 0 Å². The van der Waals surface area contributed by atoms with Crippen molar-refractivity contribution in [1.29, 1.82) is 0 Å². The second-order valence-electron chi connectivity index (χ2n) is 4.88. The molecule has 0 bridgehead atoms. The third-order valence-electron chi connectivity index (χ3n) is 3.32. The summed E-state index contributed by atoms with van der Waals surface area (Å²) < 4.78 is 11.2. The average molecular weight is 300 g/mol. The number of ketones is 1. The molecular formula is C17H16O3S. The van der Waals surface area contributed by atoms with Gasteiger partial charge >= 0.3 is 0 Å². The Morgan fingerprint density at radius 1 is 1.19 bits per heavy atom. The van der Waals surface area contributed by atoms with E-state index in [2.05, 4.69) is 0 Å². The molecular weight excluding hydrogens is 284 g/mol. The van der Waals surface area contributed by atoms with Gasteiger partial charge in [-0.15, -0.1) is 11.3 Å². The molecule has 0 unspecified atom stereocenters. The van der Waals surface area contributed by atoms with Crippen molar-refractivity contribution < 1.29 is 14.3 Å². The van der Waals surface area contributed by atoms with Gasteiger partial charge in [-0.3, -0.25) is 4.79 Å². The SMILES string of the molecule is Cc1ccsc1/C=C/C(=O)c1ccc2c(c1)OCCCO2. The van der Waals surface area contributed by atoms with E-state index in [-0.39, 0.29) is 5.78 Å². The molecule has 2 aromatic rings. The van der Waals surface area contributed by atoms with Crippen LogP contribution >= 0.6 is 11.3 Å². The Balaban J connectivity index is 1.80. The molecule has 0 saturated carbocycles. The first kappa shape index (κ1) is 13.9. The summed E-state index contributed by atoms with van der Waals surface area (Å²) in [5.74, 6) is 1.33. The summed E-state index contributed by atoms with van der Waals surface area (Å²) in [5.41, 5.74) is 1.80. The smallest absolute Gasteiger partial charge is 0.186 e. The van der Waals surface area contributed by atoms with Gasteiger partial charge in [-0.05, 0) is 54.3 Å². The van der Waals surface area contributed by atoms with Crippen molar-refractivity contribution in [3.63, 3.8) is 0 Å². The molecule has 0 saturated heterocycles. The first-order chi connectivity index (χ1) is 10.2. The Morgan fingerprint density at radius 3 is 2.76 bits per heavy atom. The normalized spacial score (nSPS) is 14.1. The maximum absolute atomic E-state index is 12.2. The summed E-state index contributed by atoms with van der Waals surface area (Å²) in [6.07, 6.45) is 4.33. The molecule has 2 heterocycles. The molecule has 21 heavy (non-hydrogen) atoms. The summed E-state index contributed by atoms with van der Waals surface area (Å²) in [4.78, 5) is 13.4. The fourth-order valence-corrected chi connectivity index (χ4v) is 2.94. The van der Waals surface area contributed by atoms with Crippen LogP contribution in [-0.2, 0) is 0 Å². The molecule has 1 aliphatic heterocycles. The molecule has 0 aliphatic carbocycles. The number of thiophene rings is 1. The monoisotopic (exact) mass is 300 g/mol. The van der Waals surface area contributed by atoms with Gasteiger partial charge in [0.2, 0.25) is 0 Å². The summed E-state index contributed by atoms with van der Waals surface area (Å²) in [6.45, 7) is 3.31. The molecule has 1 aliphatic rings. The molecule has 0 spiro atoms. The van der Waals surface area contributed by atoms with E-state index in [1.807, 2.05) is 24.4 Å². The Kier molecular flexibility index (Phi) is 4.06. The van der Waals surface area contributed by atoms with E-state index in [1.165, 1.54) is 5.56 Å². The second-order valence-corrected chi connectivity index (χ2v) is 5.83. The zero-order valence-electron chi connectivity index (χ0n) is 11.8. The van der Waals surface area contributed by atoms with Crippen LogP contribution in [0, 0.1) is 6.92 Å². The van der Waals surface area contributed by atoms with E-state index in [1.54, 1.807) is 35.6 Å². The zero-order valence-corrected chi connectivity index (χ0v) is 12.6. The van der Waals surface area contributed by atoms with Crippen molar-refractivity contribution >= 4 is 23.2 Å². The highest BCUT2D eigenvalue weighted by atomic mass is 32.1. The van der Waals surface area contributed by atoms with E-state index < -0.39 is 0 Å². The van der Waals surface area contributed by atoms with E-state index >= 15 is 0 Å². The van der Waals surface area contributed by atoms with Crippen LogP contribution in [0.2, 0.25) is 0 Å². The first-order valence-corrected chi connectivity index (χ1v) is 7.78. The molecule has 1 aromatic carbocycles. The largest absolute Gasteiger partial charge is 0.490 e. The highest BCUT2D eigenvalue weighted by molar-refractivity contribution is 7.11. The summed E-state index contributed by atoms with van der Waals surface area (Å²) >= 11 is 1.63. The molecule has 3 rings (SSSR count). The molecule has 0 N–H and O–H groups in total. The maximum Gasteiger partial charge on any atom is 0.186 e. The number of benzene rings is 1. The fourth-order valence-electron chi connectivity index (χ4n) is 2.12. The average Bonchev–Trinajstić information content (AvgIpc) is 2.76. The van der Waals surface area contributed by atoms with Crippen LogP contribution in [0.1, 0.15) is 27.2 Å². The van der Waals surface area contributed by atoms with Gasteiger partial charge in [-0.1, -0.05) is 0 Å². The third-order valence-corrected chi connectivity index (χ3v) is 4.30. The van der Waals surface area contributed by atoms with Gasteiger partial charge in [0.1, 0.15) is 0 Å². The predicted molar refractivity (Wildman–Crippen MR) is 84.5 cm³/mol.